The lowest BCUT2D eigenvalue weighted by Crippen LogP contribution is -1.95. The molecule has 4 heteroatoms. The van der Waals surface area contributed by atoms with Gasteiger partial charge in [-0.15, -0.1) is 0 Å². The number of nitrogens with zero attached hydrogens (tertiary/aromatic N) is 2. The molecule has 0 atom stereocenters. The molecular weight excluding hydrogens is 243 g/mol. The first-order chi connectivity index (χ1) is 4.83. The Morgan fingerprint density at radius 2 is 2.30 bits per heavy atom. The molecule has 3 nitrogen and oxygen atoms in total. The van der Waals surface area contributed by atoms with Crippen LogP contribution in [0.25, 0.3) is 0 Å². The molecular formula is C6H7IN2O. The van der Waals surface area contributed by atoms with E-state index in [9.17, 15) is 0 Å². The first-order valence-electron chi connectivity index (χ1n) is 2.93. The van der Waals surface area contributed by atoms with E-state index in [0.29, 0.717) is 12.5 Å². The lowest BCUT2D eigenvalue weighted by Gasteiger charge is -1.98. The van der Waals surface area contributed by atoms with Crippen molar-refractivity contribution in [2.24, 2.45) is 0 Å². The van der Waals surface area contributed by atoms with E-state index in [2.05, 4.69) is 32.6 Å². The molecule has 0 radical (unpaired) electrons. The molecule has 0 spiro atoms. The number of aromatic nitrogens is 2. The van der Waals surface area contributed by atoms with E-state index in [1.54, 1.807) is 12.4 Å². The molecule has 0 N–H and O–H groups in total. The molecule has 0 aliphatic carbocycles. The Morgan fingerprint density at radius 3 is 2.80 bits per heavy atom. The zero-order valence-corrected chi connectivity index (χ0v) is 7.70. The second-order valence-electron chi connectivity index (χ2n) is 1.61. The maximum absolute atomic E-state index is 5.08. The third kappa shape index (κ3) is 2.09. The molecule has 1 aromatic heterocycles. The van der Waals surface area contributed by atoms with Gasteiger partial charge in [0.05, 0.1) is 19.0 Å². The van der Waals surface area contributed by atoms with Crippen LogP contribution < -0.4 is 4.74 Å². The molecule has 0 aromatic carbocycles. The number of rotatable bonds is 2. The van der Waals surface area contributed by atoms with Crippen LogP contribution in [0.4, 0.5) is 0 Å². The largest absolute Gasteiger partial charge is 0.477 e. The number of hydrogen-bond acceptors (Lipinski definition) is 3. The second kappa shape index (κ2) is 3.70. The Bertz CT molecular complexity index is 199. The molecule has 0 aliphatic heterocycles. The predicted octanol–water partition coefficient (Wildman–Crippen LogP) is 1.48. The van der Waals surface area contributed by atoms with Gasteiger partial charge in [0.1, 0.15) is 3.70 Å². The minimum Gasteiger partial charge on any atom is -0.477 e. The van der Waals surface area contributed by atoms with Crippen LogP contribution in [0.5, 0.6) is 5.88 Å². The van der Waals surface area contributed by atoms with Gasteiger partial charge in [-0.3, -0.25) is 0 Å². The minimum absolute atomic E-state index is 0.586. The summed E-state index contributed by atoms with van der Waals surface area (Å²) in [4.78, 5) is 7.97. The van der Waals surface area contributed by atoms with Crippen LogP contribution in [-0.2, 0) is 0 Å². The number of hydrogen-bond donors (Lipinski definition) is 0. The van der Waals surface area contributed by atoms with Crippen molar-refractivity contribution in [3.63, 3.8) is 0 Å². The van der Waals surface area contributed by atoms with Crippen LogP contribution in [0.3, 0.4) is 0 Å². The normalized spacial score (nSPS) is 9.40. The van der Waals surface area contributed by atoms with Crippen molar-refractivity contribution in [2.75, 3.05) is 6.61 Å². The third-order valence-electron chi connectivity index (χ3n) is 0.889. The van der Waals surface area contributed by atoms with Crippen LogP contribution in [0.1, 0.15) is 6.92 Å². The molecule has 10 heavy (non-hydrogen) atoms. The standard InChI is InChI=1S/C6H7IN2O/c1-2-10-6-4-8-5(7)3-9-6/h3-4H,2H2,1H3. The molecule has 1 rings (SSSR count). The molecule has 1 heterocycles. The van der Waals surface area contributed by atoms with E-state index >= 15 is 0 Å². The van der Waals surface area contributed by atoms with E-state index in [1.807, 2.05) is 6.92 Å². The monoisotopic (exact) mass is 250 g/mol. The average molecular weight is 250 g/mol. The van der Waals surface area contributed by atoms with Crippen molar-refractivity contribution >= 4 is 22.6 Å². The highest BCUT2D eigenvalue weighted by molar-refractivity contribution is 14.1. The molecule has 0 aliphatic rings. The van der Waals surface area contributed by atoms with Gasteiger partial charge in [-0.05, 0) is 29.5 Å². The van der Waals surface area contributed by atoms with Gasteiger partial charge in [-0.1, -0.05) is 0 Å². The summed E-state index contributed by atoms with van der Waals surface area (Å²) in [6.45, 7) is 2.55. The Labute approximate surface area is 73.0 Å². The summed E-state index contributed by atoms with van der Waals surface area (Å²) in [6.07, 6.45) is 3.29. The van der Waals surface area contributed by atoms with Crippen molar-refractivity contribution < 1.29 is 4.74 Å². The fraction of sp³-hybridized carbons (Fsp3) is 0.333. The summed E-state index contributed by atoms with van der Waals surface area (Å²) in [6, 6.07) is 0. The third-order valence-corrected chi connectivity index (χ3v) is 1.45. The summed E-state index contributed by atoms with van der Waals surface area (Å²) >= 11 is 2.10. The fourth-order valence-corrected chi connectivity index (χ4v) is 0.801. The summed E-state index contributed by atoms with van der Waals surface area (Å²) in [5, 5.41) is 0. The van der Waals surface area contributed by atoms with Gasteiger partial charge in [-0.25, -0.2) is 9.97 Å². The first-order valence-corrected chi connectivity index (χ1v) is 4.01. The van der Waals surface area contributed by atoms with Crippen LogP contribution in [0.2, 0.25) is 0 Å². The van der Waals surface area contributed by atoms with Crippen LogP contribution in [0, 0.1) is 3.70 Å². The van der Waals surface area contributed by atoms with Crippen molar-refractivity contribution in [3.05, 3.63) is 16.1 Å². The van der Waals surface area contributed by atoms with E-state index in [4.69, 9.17) is 4.74 Å². The maximum atomic E-state index is 5.08. The van der Waals surface area contributed by atoms with Gasteiger partial charge >= 0.3 is 0 Å². The van der Waals surface area contributed by atoms with Crippen molar-refractivity contribution in [2.45, 2.75) is 6.92 Å². The van der Waals surface area contributed by atoms with Crippen LogP contribution in [-0.4, -0.2) is 16.6 Å². The van der Waals surface area contributed by atoms with Gasteiger partial charge in [0.25, 0.3) is 0 Å². The molecule has 0 bridgehead atoms. The van der Waals surface area contributed by atoms with Crippen molar-refractivity contribution in [1.82, 2.24) is 9.97 Å². The Morgan fingerprint density at radius 1 is 1.50 bits per heavy atom. The molecule has 0 fully saturated rings. The Kier molecular flexibility index (Phi) is 2.85. The topological polar surface area (TPSA) is 35.0 Å². The van der Waals surface area contributed by atoms with E-state index in [0.717, 1.165) is 3.70 Å². The molecule has 1 aromatic rings. The van der Waals surface area contributed by atoms with Crippen molar-refractivity contribution in [3.8, 4) is 5.88 Å². The zero-order chi connectivity index (χ0) is 7.40. The SMILES string of the molecule is CCOc1cnc(I)cn1. The summed E-state index contributed by atoms with van der Waals surface area (Å²) in [7, 11) is 0. The molecule has 0 saturated heterocycles. The molecule has 0 unspecified atom stereocenters. The van der Waals surface area contributed by atoms with Crippen molar-refractivity contribution in [1.29, 1.82) is 0 Å². The lowest BCUT2D eigenvalue weighted by molar-refractivity contribution is 0.325. The summed E-state index contributed by atoms with van der Waals surface area (Å²) in [5.74, 6) is 0.586. The molecule has 54 valence electrons. The van der Waals surface area contributed by atoms with Gasteiger partial charge in [-0.2, -0.15) is 0 Å². The average Bonchev–Trinajstić information content (AvgIpc) is 1.95. The zero-order valence-electron chi connectivity index (χ0n) is 5.54. The first kappa shape index (κ1) is 7.71. The van der Waals surface area contributed by atoms with Gasteiger partial charge in [0, 0.05) is 0 Å². The highest BCUT2D eigenvalue weighted by Crippen LogP contribution is 2.04. The predicted molar refractivity (Wildman–Crippen MR) is 45.9 cm³/mol. The van der Waals surface area contributed by atoms with Gasteiger partial charge in [0.15, 0.2) is 0 Å². The molecule has 0 saturated carbocycles. The highest BCUT2D eigenvalue weighted by Gasteiger charge is 1.92. The second-order valence-corrected chi connectivity index (χ2v) is 2.72. The van der Waals surface area contributed by atoms with Gasteiger partial charge in [0.2, 0.25) is 5.88 Å². The van der Waals surface area contributed by atoms with E-state index in [1.165, 1.54) is 0 Å². The summed E-state index contributed by atoms with van der Waals surface area (Å²) in [5.41, 5.74) is 0. The number of ether oxygens (including phenoxy) is 1. The Hall–Kier alpha value is -0.390. The fourth-order valence-electron chi connectivity index (χ4n) is 0.523. The van der Waals surface area contributed by atoms with E-state index < -0.39 is 0 Å². The van der Waals surface area contributed by atoms with Gasteiger partial charge < -0.3 is 4.74 Å². The highest BCUT2D eigenvalue weighted by atomic mass is 127. The van der Waals surface area contributed by atoms with Crippen LogP contribution >= 0.6 is 22.6 Å². The Balaban J connectivity index is 2.69. The quantitative estimate of drug-likeness (QED) is 0.745. The summed E-state index contributed by atoms with van der Waals surface area (Å²) < 4.78 is 5.96. The van der Waals surface area contributed by atoms with E-state index in [-0.39, 0.29) is 0 Å². The number of halogens is 1. The molecule has 0 amide bonds. The smallest absolute Gasteiger partial charge is 0.232 e. The maximum Gasteiger partial charge on any atom is 0.232 e. The van der Waals surface area contributed by atoms with Crippen LogP contribution in [0.15, 0.2) is 12.4 Å². The minimum atomic E-state index is 0.586. The lowest BCUT2D eigenvalue weighted by atomic mass is 10.7.